The molecule has 2 N–H and O–H groups in total. The molecule has 94 valence electrons. The van der Waals surface area contributed by atoms with Crippen LogP contribution in [0.5, 0.6) is 0 Å². The number of sulfonamides is 1. The van der Waals surface area contributed by atoms with Crippen LogP contribution in [-0.2, 0) is 21.4 Å². The Hall–Kier alpha value is -1.40. The highest BCUT2D eigenvalue weighted by atomic mass is 32.2. The second-order valence-electron chi connectivity index (χ2n) is 4.13. The van der Waals surface area contributed by atoms with E-state index in [9.17, 15) is 13.2 Å². The molecule has 0 aliphatic heterocycles. The molecular formula is C11H15NO4S. The number of hydrogen-bond donors (Lipinski definition) is 2. The summed E-state index contributed by atoms with van der Waals surface area (Å²) in [5, 5.41) is 8.85. The summed E-state index contributed by atoms with van der Waals surface area (Å²) in [5.41, 5.74) is 0.775. The van der Waals surface area contributed by atoms with Crippen molar-refractivity contribution in [2.24, 2.45) is 0 Å². The maximum atomic E-state index is 11.8. The summed E-state index contributed by atoms with van der Waals surface area (Å²) < 4.78 is 24.0. The van der Waals surface area contributed by atoms with Crippen molar-refractivity contribution in [1.82, 2.24) is 4.72 Å². The van der Waals surface area contributed by atoms with Gasteiger partial charge in [0, 0.05) is 6.54 Å². The zero-order valence-corrected chi connectivity index (χ0v) is 10.5. The normalized spacial score (nSPS) is 12.4. The lowest BCUT2D eigenvalue weighted by Crippen LogP contribution is -2.47. The Morgan fingerprint density at radius 2 is 1.82 bits per heavy atom. The van der Waals surface area contributed by atoms with Gasteiger partial charge in [-0.25, -0.2) is 13.1 Å². The molecule has 0 unspecified atom stereocenters. The fourth-order valence-corrected chi connectivity index (χ4v) is 2.02. The number of rotatable bonds is 5. The summed E-state index contributed by atoms with van der Waals surface area (Å²) in [6.07, 6.45) is 0. The van der Waals surface area contributed by atoms with Crippen LogP contribution < -0.4 is 4.72 Å². The van der Waals surface area contributed by atoms with E-state index in [1.54, 1.807) is 24.3 Å². The van der Waals surface area contributed by atoms with Gasteiger partial charge in [-0.1, -0.05) is 30.3 Å². The van der Waals surface area contributed by atoms with Crippen molar-refractivity contribution in [3.8, 4) is 0 Å². The van der Waals surface area contributed by atoms with Crippen LogP contribution in [0.4, 0.5) is 0 Å². The summed E-state index contributed by atoms with van der Waals surface area (Å²) in [4.78, 5) is 10.9. The van der Waals surface area contributed by atoms with E-state index >= 15 is 0 Å². The van der Waals surface area contributed by atoms with Gasteiger partial charge in [0.25, 0.3) is 0 Å². The van der Waals surface area contributed by atoms with Crippen LogP contribution in [0.3, 0.4) is 0 Å². The molecule has 0 saturated carbocycles. The molecule has 17 heavy (non-hydrogen) atoms. The van der Waals surface area contributed by atoms with Crippen LogP contribution in [0.1, 0.15) is 19.4 Å². The maximum absolute atomic E-state index is 11.8. The lowest BCUT2D eigenvalue weighted by molar-refractivity contribution is -0.139. The smallest absolute Gasteiger partial charge is 0.325 e. The Kier molecular flexibility index (Phi) is 3.90. The summed E-state index contributed by atoms with van der Waals surface area (Å²) in [5.74, 6) is -1.38. The van der Waals surface area contributed by atoms with Gasteiger partial charge < -0.3 is 5.11 Å². The molecule has 0 heterocycles. The number of carboxylic acids is 1. The highest BCUT2D eigenvalue weighted by molar-refractivity contribution is 7.91. The molecule has 0 bridgehead atoms. The van der Waals surface area contributed by atoms with E-state index in [1.807, 2.05) is 6.07 Å². The number of aliphatic carboxylic acids is 1. The first-order chi connectivity index (χ1) is 7.77. The van der Waals surface area contributed by atoms with Gasteiger partial charge in [-0.15, -0.1) is 0 Å². The largest absolute Gasteiger partial charge is 0.480 e. The van der Waals surface area contributed by atoms with Crippen molar-refractivity contribution in [1.29, 1.82) is 0 Å². The first kappa shape index (κ1) is 13.7. The van der Waals surface area contributed by atoms with Crippen LogP contribution in [0.25, 0.3) is 0 Å². The average molecular weight is 257 g/mol. The molecule has 0 amide bonds. The highest BCUT2D eigenvalue weighted by Gasteiger charge is 2.41. The first-order valence-electron chi connectivity index (χ1n) is 5.04. The molecule has 0 fully saturated rings. The quantitative estimate of drug-likeness (QED) is 0.823. The number of carbonyl (C=O) groups is 1. The van der Waals surface area contributed by atoms with Gasteiger partial charge >= 0.3 is 5.97 Å². The second kappa shape index (κ2) is 4.85. The fourth-order valence-electron chi connectivity index (χ4n) is 1.07. The molecule has 1 aromatic rings. The van der Waals surface area contributed by atoms with Crippen LogP contribution in [0.2, 0.25) is 0 Å². The first-order valence-corrected chi connectivity index (χ1v) is 6.52. The van der Waals surface area contributed by atoms with Crippen molar-refractivity contribution >= 4 is 16.0 Å². The van der Waals surface area contributed by atoms with Gasteiger partial charge in [0.2, 0.25) is 10.0 Å². The standard InChI is InChI=1S/C11H15NO4S/c1-11(2,10(13)14)17(15,16)12-8-9-6-4-3-5-7-9/h3-7,12H,8H2,1-2H3,(H,13,14). The molecule has 0 atom stereocenters. The lowest BCUT2D eigenvalue weighted by atomic mass is 10.2. The number of benzene rings is 1. The highest BCUT2D eigenvalue weighted by Crippen LogP contribution is 2.15. The summed E-state index contributed by atoms with van der Waals surface area (Å²) in [6.45, 7) is 2.39. The minimum absolute atomic E-state index is 0.0832. The maximum Gasteiger partial charge on any atom is 0.325 e. The Labute approximate surface area is 101 Å². The van der Waals surface area contributed by atoms with E-state index < -0.39 is 20.7 Å². The molecule has 1 rings (SSSR count). The Morgan fingerprint density at radius 3 is 2.29 bits per heavy atom. The molecule has 0 spiro atoms. The van der Waals surface area contributed by atoms with Crippen LogP contribution in [0, 0.1) is 0 Å². The fraction of sp³-hybridized carbons (Fsp3) is 0.364. The zero-order chi connectivity index (χ0) is 13.1. The van der Waals surface area contributed by atoms with Gasteiger partial charge in [0.05, 0.1) is 0 Å². The second-order valence-corrected chi connectivity index (χ2v) is 6.44. The molecule has 1 aromatic carbocycles. The molecule has 6 heteroatoms. The minimum Gasteiger partial charge on any atom is -0.480 e. The van der Waals surface area contributed by atoms with Crippen molar-refractivity contribution in [2.75, 3.05) is 0 Å². The van der Waals surface area contributed by atoms with Crippen LogP contribution in [0.15, 0.2) is 30.3 Å². The molecule has 5 nitrogen and oxygen atoms in total. The van der Waals surface area contributed by atoms with E-state index in [-0.39, 0.29) is 6.54 Å². The van der Waals surface area contributed by atoms with Gasteiger partial charge in [-0.2, -0.15) is 0 Å². The van der Waals surface area contributed by atoms with E-state index in [2.05, 4.69) is 4.72 Å². The number of nitrogens with one attached hydrogen (secondary N) is 1. The molecule has 0 aromatic heterocycles. The molecule has 0 saturated heterocycles. The monoisotopic (exact) mass is 257 g/mol. The Balaban J connectivity index is 2.79. The third-order valence-corrected chi connectivity index (χ3v) is 4.54. The van der Waals surface area contributed by atoms with Crippen molar-refractivity contribution < 1.29 is 18.3 Å². The summed E-state index contributed by atoms with van der Waals surface area (Å²) >= 11 is 0. The molecule has 0 aliphatic carbocycles. The van der Waals surface area contributed by atoms with E-state index in [1.165, 1.54) is 0 Å². The van der Waals surface area contributed by atoms with Crippen LogP contribution >= 0.6 is 0 Å². The van der Waals surface area contributed by atoms with E-state index in [0.29, 0.717) is 0 Å². The van der Waals surface area contributed by atoms with E-state index in [0.717, 1.165) is 19.4 Å². The molecular weight excluding hydrogens is 242 g/mol. The topological polar surface area (TPSA) is 83.5 Å². The van der Waals surface area contributed by atoms with Gasteiger partial charge in [0.1, 0.15) is 0 Å². The third kappa shape index (κ3) is 3.04. The Morgan fingerprint density at radius 1 is 1.29 bits per heavy atom. The van der Waals surface area contributed by atoms with E-state index in [4.69, 9.17) is 5.11 Å². The molecule has 0 radical (unpaired) electrons. The van der Waals surface area contributed by atoms with Gasteiger partial charge in [-0.3, -0.25) is 4.79 Å². The van der Waals surface area contributed by atoms with Crippen LogP contribution in [-0.4, -0.2) is 24.2 Å². The third-order valence-electron chi connectivity index (χ3n) is 2.50. The van der Waals surface area contributed by atoms with Crippen molar-refractivity contribution in [3.63, 3.8) is 0 Å². The van der Waals surface area contributed by atoms with Crippen molar-refractivity contribution in [2.45, 2.75) is 25.1 Å². The minimum atomic E-state index is -3.91. The summed E-state index contributed by atoms with van der Waals surface area (Å²) in [6, 6.07) is 8.91. The lowest BCUT2D eigenvalue weighted by Gasteiger charge is -2.20. The number of carboxylic acid groups (broad SMARTS) is 1. The summed E-state index contributed by atoms with van der Waals surface area (Å²) in [7, 11) is -3.91. The Bertz CT molecular complexity index is 493. The van der Waals surface area contributed by atoms with Gasteiger partial charge in [0.15, 0.2) is 4.75 Å². The van der Waals surface area contributed by atoms with Crippen molar-refractivity contribution in [3.05, 3.63) is 35.9 Å². The number of hydrogen-bond acceptors (Lipinski definition) is 3. The molecule has 0 aliphatic rings. The predicted molar refractivity (Wildman–Crippen MR) is 63.9 cm³/mol. The average Bonchev–Trinajstić information content (AvgIpc) is 2.27. The predicted octanol–water partition coefficient (Wildman–Crippen LogP) is 0.969. The van der Waals surface area contributed by atoms with Gasteiger partial charge in [-0.05, 0) is 19.4 Å². The SMILES string of the molecule is CC(C)(C(=O)O)S(=O)(=O)NCc1ccccc1. The zero-order valence-electron chi connectivity index (χ0n) is 9.67.